The third-order valence-corrected chi connectivity index (χ3v) is 1.31. The van der Waals surface area contributed by atoms with Gasteiger partial charge in [-0.25, -0.2) is 0 Å². The van der Waals surface area contributed by atoms with Crippen molar-refractivity contribution in [3.8, 4) is 0 Å². The smallest absolute Gasteiger partial charge is 0.117 e. The van der Waals surface area contributed by atoms with Gasteiger partial charge >= 0.3 is 0 Å². The van der Waals surface area contributed by atoms with Crippen molar-refractivity contribution in [1.82, 2.24) is 0 Å². The monoisotopic (exact) mass is 210 g/mol. The molecular formula is C8H15ClO4. The molecule has 0 unspecified atom stereocenters. The normalized spacial score (nSPS) is 22.2. The van der Waals surface area contributed by atoms with Crippen LogP contribution in [0.1, 0.15) is 0 Å². The van der Waals surface area contributed by atoms with Gasteiger partial charge in [0.05, 0.1) is 26.4 Å². The molecular weight excluding hydrogens is 196 g/mol. The second kappa shape index (κ2) is 9.64. The quantitative estimate of drug-likeness (QED) is 0.597. The van der Waals surface area contributed by atoms with Crippen LogP contribution >= 0.6 is 12.4 Å². The van der Waals surface area contributed by atoms with Crippen molar-refractivity contribution in [2.24, 2.45) is 0 Å². The first-order valence-electron chi connectivity index (χ1n) is 4.04. The average molecular weight is 211 g/mol. The Hall–Kier alpha value is -0.450. The summed E-state index contributed by atoms with van der Waals surface area (Å²) < 4.78 is 20.4. The molecule has 0 N–H and O–H groups in total. The summed E-state index contributed by atoms with van der Waals surface area (Å²) in [4.78, 5) is 0. The molecule has 0 bridgehead atoms. The third kappa shape index (κ3) is 7.90. The molecule has 4 nitrogen and oxygen atoms in total. The van der Waals surface area contributed by atoms with Gasteiger partial charge in [-0.15, -0.1) is 12.4 Å². The van der Waals surface area contributed by atoms with Gasteiger partial charge < -0.3 is 18.9 Å². The van der Waals surface area contributed by atoms with Gasteiger partial charge in [-0.3, -0.25) is 0 Å². The molecule has 0 amide bonds. The van der Waals surface area contributed by atoms with E-state index >= 15 is 0 Å². The molecule has 0 aromatic carbocycles. The van der Waals surface area contributed by atoms with Crippen LogP contribution in [0.15, 0.2) is 12.5 Å². The lowest BCUT2D eigenvalue weighted by Crippen LogP contribution is -2.11. The molecule has 0 atom stereocenters. The van der Waals surface area contributed by atoms with Crippen LogP contribution < -0.4 is 0 Å². The highest BCUT2D eigenvalue weighted by Gasteiger charge is 1.91. The summed E-state index contributed by atoms with van der Waals surface area (Å²) >= 11 is 0. The van der Waals surface area contributed by atoms with E-state index in [2.05, 4.69) is 0 Å². The Kier molecular flexibility index (Phi) is 9.30. The Morgan fingerprint density at radius 3 is 1.46 bits per heavy atom. The van der Waals surface area contributed by atoms with Gasteiger partial charge in [-0.1, -0.05) is 0 Å². The molecule has 1 rings (SSSR count). The molecule has 1 aliphatic rings. The highest BCUT2D eigenvalue weighted by Crippen LogP contribution is 1.86. The predicted octanol–water partition coefficient (Wildman–Crippen LogP) is 0.959. The van der Waals surface area contributed by atoms with E-state index in [-0.39, 0.29) is 12.4 Å². The fraction of sp³-hybridized carbons (Fsp3) is 0.750. The first kappa shape index (κ1) is 12.6. The summed E-state index contributed by atoms with van der Waals surface area (Å²) in [5.41, 5.74) is 0. The summed E-state index contributed by atoms with van der Waals surface area (Å²) in [5, 5.41) is 0. The van der Waals surface area contributed by atoms with Gasteiger partial charge in [0, 0.05) is 0 Å². The average Bonchev–Trinajstić information content (AvgIpc) is 2.05. The Morgan fingerprint density at radius 2 is 1.00 bits per heavy atom. The van der Waals surface area contributed by atoms with Crippen LogP contribution in [0.4, 0.5) is 0 Å². The highest BCUT2D eigenvalue weighted by molar-refractivity contribution is 5.85. The van der Waals surface area contributed by atoms with Crippen LogP contribution in [0.25, 0.3) is 0 Å². The Labute approximate surface area is 84.2 Å². The minimum atomic E-state index is 0. The Bertz CT molecular complexity index is 115. The van der Waals surface area contributed by atoms with Crippen LogP contribution in [-0.2, 0) is 18.9 Å². The SMILES string of the molecule is C1=C\OCCOCCOCCO/1.Cl. The van der Waals surface area contributed by atoms with Crippen molar-refractivity contribution < 1.29 is 18.9 Å². The van der Waals surface area contributed by atoms with E-state index in [9.17, 15) is 0 Å². The molecule has 0 spiro atoms. The fourth-order valence-corrected chi connectivity index (χ4v) is 0.751. The van der Waals surface area contributed by atoms with Crippen molar-refractivity contribution in [3.63, 3.8) is 0 Å². The first-order chi connectivity index (χ1) is 6.00. The molecule has 0 radical (unpaired) electrons. The molecule has 78 valence electrons. The lowest BCUT2D eigenvalue weighted by molar-refractivity contribution is 0.0116. The van der Waals surface area contributed by atoms with Gasteiger partial charge in [-0.2, -0.15) is 0 Å². The molecule has 0 aromatic rings. The topological polar surface area (TPSA) is 36.9 Å². The Morgan fingerprint density at radius 1 is 0.615 bits per heavy atom. The van der Waals surface area contributed by atoms with E-state index in [4.69, 9.17) is 18.9 Å². The summed E-state index contributed by atoms with van der Waals surface area (Å²) in [6.45, 7) is 3.53. The zero-order chi connectivity index (χ0) is 8.49. The summed E-state index contributed by atoms with van der Waals surface area (Å²) in [5.74, 6) is 0. The van der Waals surface area contributed by atoms with Crippen molar-refractivity contribution in [2.45, 2.75) is 0 Å². The zero-order valence-corrected chi connectivity index (χ0v) is 8.26. The maximum atomic E-state index is 5.18. The molecule has 0 saturated carbocycles. The van der Waals surface area contributed by atoms with Gasteiger partial charge in [0.2, 0.25) is 0 Å². The molecule has 0 fully saturated rings. The Balaban J connectivity index is 0.00000144. The highest BCUT2D eigenvalue weighted by atomic mass is 35.5. The van der Waals surface area contributed by atoms with E-state index in [0.29, 0.717) is 39.6 Å². The van der Waals surface area contributed by atoms with Gasteiger partial charge in [0.25, 0.3) is 0 Å². The largest absolute Gasteiger partial charge is 0.496 e. The van der Waals surface area contributed by atoms with Crippen LogP contribution in [0.3, 0.4) is 0 Å². The minimum absolute atomic E-state index is 0. The van der Waals surface area contributed by atoms with E-state index < -0.39 is 0 Å². The second-order valence-electron chi connectivity index (χ2n) is 2.24. The number of rotatable bonds is 0. The number of hydrogen-bond donors (Lipinski definition) is 0. The lowest BCUT2D eigenvalue weighted by atomic mass is 10.7. The molecule has 1 aliphatic heterocycles. The second-order valence-corrected chi connectivity index (χ2v) is 2.24. The van der Waals surface area contributed by atoms with E-state index in [0.717, 1.165) is 0 Å². The van der Waals surface area contributed by atoms with Gasteiger partial charge in [0.15, 0.2) is 0 Å². The molecule has 0 aromatic heterocycles. The number of ether oxygens (including phenoxy) is 4. The van der Waals surface area contributed by atoms with Crippen LogP contribution in [0, 0.1) is 0 Å². The van der Waals surface area contributed by atoms with Crippen molar-refractivity contribution in [1.29, 1.82) is 0 Å². The van der Waals surface area contributed by atoms with Crippen molar-refractivity contribution in [3.05, 3.63) is 12.5 Å². The van der Waals surface area contributed by atoms with Crippen LogP contribution in [0.2, 0.25) is 0 Å². The van der Waals surface area contributed by atoms with Crippen LogP contribution in [-0.4, -0.2) is 39.6 Å². The maximum Gasteiger partial charge on any atom is 0.117 e. The fourth-order valence-electron chi connectivity index (χ4n) is 0.751. The third-order valence-electron chi connectivity index (χ3n) is 1.31. The standard InChI is InChI=1S/C8H14O4.ClH/c1-2-10-5-6-12-8-7-11-4-3-9-1;/h1-2H,3-8H2;1H/b2-1-;. The van der Waals surface area contributed by atoms with Crippen molar-refractivity contribution >= 4 is 12.4 Å². The van der Waals surface area contributed by atoms with Gasteiger partial charge in [-0.05, 0) is 0 Å². The summed E-state index contributed by atoms with van der Waals surface area (Å²) in [7, 11) is 0. The summed E-state index contributed by atoms with van der Waals surface area (Å²) in [6, 6.07) is 0. The molecule has 5 heteroatoms. The maximum absolute atomic E-state index is 5.18. The molecule has 0 aliphatic carbocycles. The first-order valence-corrected chi connectivity index (χ1v) is 4.04. The molecule has 0 saturated heterocycles. The van der Waals surface area contributed by atoms with Crippen LogP contribution in [0.5, 0.6) is 0 Å². The molecule has 1 heterocycles. The minimum Gasteiger partial charge on any atom is -0.496 e. The molecule has 13 heavy (non-hydrogen) atoms. The van der Waals surface area contributed by atoms with E-state index in [1.807, 2.05) is 0 Å². The van der Waals surface area contributed by atoms with Gasteiger partial charge in [0.1, 0.15) is 25.7 Å². The zero-order valence-electron chi connectivity index (χ0n) is 7.44. The predicted molar refractivity (Wildman–Crippen MR) is 49.9 cm³/mol. The number of hydrogen-bond acceptors (Lipinski definition) is 4. The lowest BCUT2D eigenvalue weighted by Gasteiger charge is -2.07. The summed E-state index contributed by atoms with van der Waals surface area (Å²) in [6.07, 6.45) is 3.04. The van der Waals surface area contributed by atoms with E-state index in [1.54, 1.807) is 0 Å². The van der Waals surface area contributed by atoms with Crippen molar-refractivity contribution in [2.75, 3.05) is 39.6 Å². The number of halogens is 1. The van der Waals surface area contributed by atoms with E-state index in [1.165, 1.54) is 12.5 Å².